The monoisotopic (exact) mass is 269 g/mol. The maximum Gasteiger partial charge on any atom is 0.259 e. The minimum Gasteiger partial charge on any atom is -0.472 e. The minimum absolute atomic E-state index is 0.0315. The van der Waals surface area contributed by atoms with E-state index in [9.17, 15) is 8.42 Å². The van der Waals surface area contributed by atoms with Crippen molar-refractivity contribution in [2.75, 3.05) is 0 Å². The molecule has 2 heterocycles. The summed E-state index contributed by atoms with van der Waals surface area (Å²) in [5.41, 5.74) is 0.950. The van der Waals surface area contributed by atoms with E-state index in [2.05, 4.69) is 9.71 Å². The molecule has 6 nitrogen and oxygen atoms in total. The lowest BCUT2D eigenvalue weighted by atomic mass is 10.1. The van der Waals surface area contributed by atoms with E-state index in [1.165, 1.54) is 12.5 Å². The van der Waals surface area contributed by atoms with Gasteiger partial charge in [0.25, 0.3) is 10.0 Å². The lowest BCUT2D eigenvalue weighted by molar-refractivity contribution is 0.547. The Morgan fingerprint density at radius 3 is 2.89 bits per heavy atom. The third-order valence-electron chi connectivity index (χ3n) is 2.43. The van der Waals surface area contributed by atoms with Crippen LogP contribution in [0.4, 0.5) is 0 Å². The van der Waals surface area contributed by atoms with Gasteiger partial charge in [-0.1, -0.05) is 0 Å². The van der Waals surface area contributed by atoms with Gasteiger partial charge in [0.1, 0.15) is 0 Å². The van der Waals surface area contributed by atoms with Gasteiger partial charge in [0.05, 0.1) is 18.9 Å². The normalized spacial score (nSPS) is 13.7. The van der Waals surface area contributed by atoms with Crippen LogP contribution in [0.1, 0.15) is 12.5 Å². The molecular formula is C11H15N3O3S. The quantitative estimate of drug-likeness (QED) is 0.875. The Hall–Kier alpha value is -1.60. The molecule has 1 N–H and O–H groups in total. The van der Waals surface area contributed by atoms with E-state index in [1.54, 1.807) is 31.1 Å². The third-order valence-corrected chi connectivity index (χ3v) is 3.91. The molecule has 0 saturated heterocycles. The van der Waals surface area contributed by atoms with E-state index < -0.39 is 10.0 Å². The van der Waals surface area contributed by atoms with Crippen LogP contribution in [0.3, 0.4) is 0 Å². The summed E-state index contributed by atoms with van der Waals surface area (Å²) in [5, 5.41) is 0.0315. The second-order valence-electron chi connectivity index (χ2n) is 4.24. The number of rotatable bonds is 5. The first kappa shape index (κ1) is 12.8. The van der Waals surface area contributed by atoms with Crippen LogP contribution in [-0.2, 0) is 23.5 Å². The largest absolute Gasteiger partial charge is 0.472 e. The van der Waals surface area contributed by atoms with Crippen molar-refractivity contribution < 1.29 is 12.8 Å². The summed E-state index contributed by atoms with van der Waals surface area (Å²) in [6, 6.07) is 1.58. The van der Waals surface area contributed by atoms with E-state index in [1.807, 2.05) is 6.07 Å². The van der Waals surface area contributed by atoms with Crippen molar-refractivity contribution in [2.45, 2.75) is 24.4 Å². The molecule has 1 atom stereocenters. The molecule has 0 spiro atoms. The molecule has 0 aliphatic carbocycles. The van der Waals surface area contributed by atoms with Crippen LogP contribution in [0.5, 0.6) is 0 Å². The maximum atomic E-state index is 12.0. The molecule has 2 aromatic heterocycles. The molecule has 0 aromatic carbocycles. The molecule has 98 valence electrons. The lowest BCUT2D eigenvalue weighted by Gasteiger charge is -2.11. The summed E-state index contributed by atoms with van der Waals surface area (Å²) in [5.74, 6) is 0. The molecule has 0 aliphatic heterocycles. The summed E-state index contributed by atoms with van der Waals surface area (Å²) in [6.07, 6.45) is 6.66. The van der Waals surface area contributed by atoms with Crippen LogP contribution < -0.4 is 4.72 Å². The van der Waals surface area contributed by atoms with Gasteiger partial charge in [-0.25, -0.2) is 18.1 Å². The molecule has 0 aliphatic rings. The van der Waals surface area contributed by atoms with Gasteiger partial charge in [0.15, 0.2) is 5.03 Å². The van der Waals surface area contributed by atoms with Crippen LogP contribution in [-0.4, -0.2) is 24.0 Å². The van der Waals surface area contributed by atoms with Crippen LogP contribution in [0.15, 0.2) is 40.6 Å². The van der Waals surface area contributed by atoms with Crippen LogP contribution >= 0.6 is 0 Å². The van der Waals surface area contributed by atoms with E-state index >= 15 is 0 Å². The maximum absolute atomic E-state index is 12.0. The number of nitrogens with zero attached hydrogens (tertiary/aromatic N) is 2. The Bertz CT molecular complexity index is 601. The first-order valence-corrected chi connectivity index (χ1v) is 6.97. The molecule has 0 unspecified atom stereocenters. The summed E-state index contributed by atoms with van der Waals surface area (Å²) >= 11 is 0. The smallest absolute Gasteiger partial charge is 0.259 e. The molecule has 0 fully saturated rings. The van der Waals surface area contributed by atoms with Gasteiger partial charge in [0, 0.05) is 19.3 Å². The van der Waals surface area contributed by atoms with Crippen molar-refractivity contribution in [3.8, 4) is 0 Å². The molecule has 0 bridgehead atoms. The first-order valence-electron chi connectivity index (χ1n) is 5.49. The molecule has 18 heavy (non-hydrogen) atoms. The highest BCUT2D eigenvalue weighted by molar-refractivity contribution is 7.89. The van der Waals surface area contributed by atoms with Crippen molar-refractivity contribution >= 4 is 10.0 Å². The molecule has 2 rings (SSSR count). The van der Waals surface area contributed by atoms with Crippen molar-refractivity contribution in [1.29, 1.82) is 0 Å². The highest BCUT2D eigenvalue weighted by Gasteiger charge is 2.20. The fourth-order valence-electron chi connectivity index (χ4n) is 1.66. The third kappa shape index (κ3) is 2.99. The molecular weight excluding hydrogens is 254 g/mol. The number of furan rings is 1. The van der Waals surface area contributed by atoms with Crippen LogP contribution in [0, 0.1) is 0 Å². The summed E-state index contributed by atoms with van der Waals surface area (Å²) < 4.78 is 33.1. The molecule has 0 saturated carbocycles. The predicted molar refractivity (Wildman–Crippen MR) is 65.4 cm³/mol. The fourth-order valence-corrected chi connectivity index (χ4v) is 2.88. The van der Waals surface area contributed by atoms with Gasteiger partial charge in [-0.2, -0.15) is 0 Å². The number of aryl methyl sites for hydroxylation is 1. The number of sulfonamides is 1. The number of nitrogens with one attached hydrogen (secondary N) is 1. The van der Waals surface area contributed by atoms with Crippen LogP contribution in [0.2, 0.25) is 0 Å². The number of hydrogen-bond donors (Lipinski definition) is 1. The van der Waals surface area contributed by atoms with Gasteiger partial charge >= 0.3 is 0 Å². The van der Waals surface area contributed by atoms with E-state index in [4.69, 9.17) is 4.42 Å². The van der Waals surface area contributed by atoms with Gasteiger partial charge in [-0.05, 0) is 25.0 Å². The zero-order valence-electron chi connectivity index (χ0n) is 10.2. The Kier molecular flexibility index (Phi) is 3.53. The van der Waals surface area contributed by atoms with Crippen LogP contribution in [0.25, 0.3) is 0 Å². The second-order valence-corrected chi connectivity index (χ2v) is 5.90. The lowest BCUT2D eigenvalue weighted by Crippen LogP contribution is -2.34. The van der Waals surface area contributed by atoms with E-state index in [0.717, 1.165) is 5.56 Å². The highest BCUT2D eigenvalue weighted by Crippen LogP contribution is 2.08. The second kappa shape index (κ2) is 4.95. The number of hydrogen-bond acceptors (Lipinski definition) is 4. The highest BCUT2D eigenvalue weighted by atomic mass is 32.2. The van der Waals surface area contributed by atoms with Crippen molar-refractivity contribution in [1.82, 2.24) is 14.3 Å². The standard InChI is InChI=1S/C11H15N3O3S/c1-9(5-10-3-4-17-7-10)13-18(15,16)11-6-14(2)8-12-11/h3-4,6-9,13H,5H2,1-2H3/t9-/m1/s1. The van der Waals surface area contributed by atoms with Crippen molar-refractivity contribution in [3.05, 3.63) is 36.7 Å². The summed E-state index contributed by atoms with van der Waals surface area (Å²) in [4.78, 5) is 3.83. The van der Waals surface area contributed by atoms with Gasteiger partial charge in [0.2, 0.25) is 0 Å². The Morgan fingerprint density at radius 2 is 2.33 bits per heavy atom. The number of imidazole rings is 1. The van der Waals surface area contributed by atoms with Crippen molar-refractivity contribution in [2.24, 2.45) is 7.05 Å². The minimum atomic E-state index is -3.55. The van der Waals surface area contributed by atoms with E-state index in [0.29, 0.717) is 6.42 Å². The number of aromatic nitrogens is 2. The summed E-state index contributed by atoms with van der Waals surface area (Å²) in [7, 11) is -1.83. The van der Waals surface area contributed by atoms with Crippen molar-refractivity contribution in [3.63, 3.8) is 0 Å². The van der Waals surface area contributed by atoms with Gasteiger partial charge in [-0.15, -0.1) is 0 Å². The average molecular weight is 269 g/mol. The summed E-state index contributed by atoms with van der Waals surface area (Å²) in [6.45, 7) is 1.80. The Balaban J connectivity index is 2.04. The SMILES string of the molecule is C[C@H](Cc1ccoc1)NS(=O)(=O)c1cn(C)cn1. The average Bonchev–Trinajstić information content (AvgIpc) is 2.88. The topological polar surface area (TPSA) is 77.1 Å². The zero-order chi connectivity index (χ0) is 13.2. The van der Waals surface area contributed by atoms with E-state index in [-0.39, 0.29) is 11.1 Å². The fraction of sp³-hybridized carbons (Fsp3) is 0.364. The predicted octanol–water partition coefficient (Wildman–Crippen LogP) is 0.923. The zero-order valence-corrected chi connectivity index (χ0v) is 11.0. The van der Waals surface area contributed by atoms with Gasteiger partial charge in [-0.3, -0.25) is 0 Å². The Morgan fingerprint density at radius 1 is 1.56 bits per heavy atom. The first-order chi connectivity index (χ1) is 8.47. The Labute approximate surface area is 106 Å². The van der Waals surface area contributed by atoms with Gasteiger partial charge < -0.3 is 8.98 Å². The molecule has 2 aromatic rings. The molecule has 0 amide bonds. The molecule has 0 radical (unpaired) electrons. The molecule has 7 heteroatoms.